The van der Waals surface area contributed by atoms with Crippen LogP contribution in [0.3, 0.4) is 0 Å². The van der Waals surface area contributed by atoms with Gasteiger partial charge in [0.2, 0.25) is 0 Å². The molecule has 3 heteroatoms. The molecule has 2 aliphatic carbocycles. The minimum Gasteiger partial charge on any atom is -0.390 e. The summed E-state index contributed by atoms with van der Waals surface area (Å²) in [5.41, 5.74) is 1.36. The monoisotopic (exact) mass is 322 g/mol. The van der Waals surface area contributed by atoms with E-state index in [1.165, 1.54) is 5.57 Å². The number of aliphatic hydroxyl groups excluding tert-OH is 2. The van der Waals surface area contributed by atoms with E-state index in [4.69, 9.17) is 0 Å². The van der Waals surface area contributed by atoms with E-state index in [0.717, 1.165) is 44.1 Å². The molecule has 23 heavy (non-hydrogen) atoms. The third kappa shape index (κ3) is 4.07. The molecule has 5 atom stereocenters. The average Bonchev–Trinajstić information content (AvgIpc) is 2.49. The van der Waals surface area contributed by atoms with Gasteiger partial charge in [-0.15, -0.1) is 0 Å². The Kier molecular flexibility index (Phi) is 5.44. The first-order valence-corrected chi connectivity index (χ1v) is 8.98. The van der Waals surface area contributed by atoms with Crippen LogP contribution in [0.25, 0.3) is 0 Å². The van der Waals surface area contributed by atoms with Gasteiger partial charge in [0, 0.05) is 0 Å². The van der Waals surface area contributed by atoms with E-state index in [1.807, 2.05) is 0 Å². The quantitative estimate of drug-likeness (QED) is 0.693. The lowest BCUT2D eigenvalue weighted by Crippen LogP contribution is -2.48. The van der Waals surface area contributed by atoms with Crippen molar-refractivity contribution in [2.45, 2.75) is 83.5 Å². The molecule has 0 saturated heterocycles. The summed E-state index contributed by atoms with van der Waals surface area (Å²) in [4.78, 5) is 0. The van der Waals surface area contributed by atoms with Gasteiger partial charge in [-0.2, -0.15) is 0 Å². The molecule has 0 unspecified atom stereocenters. The van der Waals surface area contributed by atoms with Gasteiger partial charge in [0.15, 0.2) is 0 Å². The van der Waals surface area contributed by atoms with Crippen LogP contribution in [0.15, 0.2) is 24.3 Å². The minimum absolute atomic E-state index is 0.190. The van der Waals surface area contributed by atoms with Gasteiger partial charge in [0.1, 0.15) is 0 Å². The lowest BCUT2D eigenvalue weighted by Gasteiger charge is -2.55. The molecular weight excluding hydrogens is 288 g/mol. The van der Waals surface area contributed by atoms with Crippen molar-refractivity contribution in [2.24, 2.45) is 17.3 Å². The molecule has 0 amide bonds. The van der Waals surface area contributed by atoms with Crippen LogP contribution in [0.2, 0.25) is 0 Å². The molecule has 3 N–H and O–H groups in total. The normalized spacial score (nSPS) is 37.2. The largest absolute Gasteiger partial charge is 0.390 e. The second-order valence-electron chi connectivity index (χ2n) is 8.69. The number of hydrogen-bond acceptors (Lipinski definition) is 3. The molecule has 0 aliphatic heterocycles. The smallest absolute Gasteiger partial charge is 0.0849 e. The number of aliphatic hydroxyl groups is 3. The molecule has 0 aromatic heterocycles. The summed E-state index contributed by atoms with van der Waals surface area (Å²) < 4.78 is 0. The Labute approximate surface area is 141 Å². The lowest BCUT2D eigenvalue weighted by atomic mass is 9.49. The molecule has 2 fully saturated rings. The molecule has 0 radical (unpaired) electrons. The van der Waals surface area contributed by atoms with E-state index in [2.05, 4.69) is 20.1 Å². The molecule has 0 bridgehead atoms. The molecule has 2 aliphatic rings. The summed E-state index contributed by atoms with van der Waals surface area (Å²) >= 11 is 0. The Morgan fingerprint density at radius 3 is 2.43 bits per heavy atom. The summed E-state index contributed by atoms with van der Waals surface area (Å²) in [5.74, 6) is 1.09. The van der Waals surface area contributed by atoms with E-state index < -0.39 is 17.8 Å². The SMILES string of the molecule is C=C1CC[C@H](O)C(=C)CC[C@@H]2[C@@H]1C[C@@]2(C)CC[C@@H](O)C(C)(C)O. The van der Waals surface area contributed by atoms with Gasteiger partial charge in [-0.3, -0.25) is 0 Å². The van der Waals surface area contributed by atoms with Gasteiger partial charge in [0.25, 0.3) is 0 Å². The van der Waals surface area contributed by atoms with Crippen LogP contribution in [0.1, 0.15) is 65.7 Å². The molecule has 0 aromatic carbocycles. The maximum atomic E-state index is 10.1. The van der Waals surface area contributed by atoms with Crippen molar-refractivity contribution < 1.29 is 15.3 Å². The van der Waals surface area contributed by atoms with Crippen LogP contribution in [-0.2, 0) is 0 Å². The zero-order valence-corrected chi connectivity index (χ0v) is 15.0. The topological polar surface area (TPSA) is 60.7 Å². The second kappa shape index (κ2) is 6.70. The second-order valence-corrected chi connectivity index (χ2v) is 8.69. The Balaban J connectivity index is 2.02. The number of rotatable bonds is 4. The van der Waals surface area contributed by atoms with Crippen LogP contribution in [0.4, 0.5) is 0 Å². The van der Waals surface area contributed by atoms with Gasteiger partial charge in [-0.25, -0.2) is 0 Å². The lowest BCUT2D eigenvalue weighted by molar-refractivity contribution is -0.0759. The highest BCUT2D eigenvalue weighted by Gasteiger charge is 2.50. The first-order valence-electron chi connectivity index (χ1n) is 8.98. The average molecular weight is 322 g/mol. The molecule has 3 nitrogen and oxygen atoms in total. The third-order valence-corrected chi connectivity index (χ3v) is 6.38. The van der Waals surface area contributed by atoms with E-state index in [1.54, 1.807) is 13.8 Å². The first-order chi connectivity index (χ1) is 10.5. The fraction of sp³-hybridized carbons (Fsp3) is 0.800. The molecular formula is C20H34O3. The van der Waals surface area contributed by atoms with E-state index in [9.17, 15) is 15.3 Å². The van der Waals surface area contributed by atoms with Crippen LogP contribution < -0.4 is 0 Å². The highest BCUT2D eigenvalue weighted by Crippen LogP contribution is 2.59. The zero-order valence-electron chi connectivity index (χ0n) is 15.0. The number of fused-ring (bicyclic) bond motifs is 1. The maximum absolute atomic E-state index is 10.1. The van der Waals surface area contributed by atoms with Crippen LogP contribution in [0.5, 0.6) is 0 Å². The molecule has 0 aromatic rings. The molecule has 132 valence electrons. The molecule has 0 heterocycles. The minimum atomic E-state index is -1.04. The predicted octanol–water partition coefficient (Wildman–Crippen LogP) is 3.59. The van der Waals surface area contributed by atoms with E-state index in [0.29, 0.717) is 18.3 Å². The van der Waals surface area contributed by atoms with Crippen molar-refractivity contribution in [3.63, 3.8) is 0 Å². The number of allylic oxidation sites excluding steroid dienone is 1. The molecule has 0 spiro atoms. The van der Waals surface area contributed by atoms with Crippen LogP contribution in [-0.4, -0.2) is 33.1 Å². The van der Waals surface area contributed by atoms with E-state index >= 15 is 0 Å². The van der Waals surface area contributed by atoms with E-state index in [-0.39, 0.29) is 5.41 Å². The Morgan fingerprint density at radius 1 is 1.22 bits per heavy atom. The summed E-state index contributed by atoms with van der Waals surface area (Å²) in [7, 11) is 0. The third-order valence-electron chi connectivity index (χ3n) is 6.38. The summed E-state index contributed by atoms with van der Waals surface area (Å²) in [5, 5.41) is 30.2. The Morgan fingerprint density at radius 2 is 1.83 bits per heavy atom. The van der Waals surface area contributed by atoms with Crippen molar-refractivity contribution in [3.8, 4) is 0 Å². The standard InChI is InChI=1S/C20H34O3/c1-13-7-9-17(21)14(2)6-8-16-15(13)12-20(16,5)11-10-18(22)19(3,4)23/h15-18,21-23H,1-2,6-12H2,3-5H3/t15-,16-,17+,18-,20-/m1/s1. The van der Waals surface area contributed by atoms with Gasteiger partial charge < -0.3 is 15.3 Å². The predicted molar refractivity (Wildman–Crippen MR) is 94.0 cm³/mol. The molecule has 2 saturated carbocycles. The van der Waals surface area contributed by atoms with Crippen LogP contribution in [0, 0.1) is 17.3 Å². The summed E-state index contributed by atoms with van der Waals surface area (Å²) in [6, 6.07) is 0. The Bertz CT molecular complexity index is 462. The summed E-state index contributed by atoms with van der Waals surface area (Å²) in [6.07, 6.45) is 5.10. The first kappa shape index (κ1) is 18.7. The highest BCUT2D eigenvalue weighted by atomic mass is 16.3. The Hall–Kier alpha value is -0.640. The van der Waals surface area contributed by atoms with Crippen molar-refractivity contribution in [1.29, 1.82) is 0 Å². The van der Waals surface area contributed by atoms with Crippen molar-refractivity contribution in [2.75, 3.05) is 0 Å². The fourth-order valence-corrected chi connectivity index (χ4v) is 4.43. The maximum Gasteiger partial charge on any atom is 0.0849 e. The number of hydrogen-bond donors (Lipinski definition) is 3. The van der Waals surface area contributed by atoms with Gasteiger partial charge in [0.05, 0.1) is 17.8 Å². The van der Waals surface area contributed by atoms with Gasteiger partial charge in [-0.1, -0.05) is 25.7 Å². The van der Waals surface area contributed by atoms with Crippen molar-refractivity contribution >= 4 is 0 Å². The summed E-state index contributed by atoms with van der Waals surface area (Å²) in [6.45, 7) is 13.9. The zero-order chi connectivity index (χ0) is 17.4. The van der Waals surface area contributed by atoms with Crippen molar-refractivity contribution in [1.82, 2.24) is 0 Å². The highest BCUT2D eigenvalue weighted by molar-refractivity contribution is 5.17. The van der Waals surface area contributed by atoms with Crippen LogP contribution >= 0.6 is 0 Å². The van der Waals surface area contributed by atoms with Gasteiger partial charge in [-0.05, 0) is 81.6 Å². The molecule has 2 rings (SSSR count). The van der Waals surface area contributed by atoms with Crippen molar-refractivity contribution in [3.05, 3.63) is 24.3 Å². The van der Waals surface area contributed by atoms with Gasteiger partial charge >= 0.3 is 0 Å². The fourth-order valence-electron chi connectivity index (χ4n) is 4.43.